The van der Waals surface area contributed by atoms with Crippen molar-refractivity contribution in [1.29, 1.82) is 0 Å². The molecule has 0 bridgehead atoms. The highest BCUT2D eigenvalue weighted by Crippen LogP contribution is 2.07. The van der Waals surface area contributed by atoms with Gasteiger partial charge in [-0.05, 0) is 24.5 Å². The van der Waals surface area contributed by atoms with Crippen LogP contribution in [0, 0.1) is 0 Å². The Morgan fingerprint density at radius 2 is 2.07 bits per heavy atom. The predicted molar refractivity (Wildman–Crippen MR) is 57.7 cm³/mol. The number of hydrogen-bond acceptors (Lipinski definition) is 2. The third-order valence-corrected chi connectivity index (χ3v) is 2.76. The zero-order valence-electron chi connectivity index (χ0n) is 8.87. The Hall–Kier alpha value is -0.800. The number of rotatable bonds is 3. The molecule has 2 rings (SSSR count). The molecule has 0 amide bonds. The Labute approximate surface area is 85.7 Å². The number of aromatic nitrogens is 1. The first-order valence-electron chi connectivity index (χ1n) is 5.44. The number of hydrogen-bond donors (Lipinski definition) is 1. The van der Waals surface area contributed by atoms with Gasteiger partial charge in [-0.15, -0.1) is 0 Å². The Morgan fingerprint density at radius 1 is 1.29 bits per heavy atom. The van der Waals surface area contributed by atoms with Gasteiger partial charge in [0.05, 0.1) is 0 Å². The van der Waals surface area contributed by atoms with Crippen LogP contribution in [0.3, 0.4) is 0 Å². The lowest BCUT2D eigenvalue weighted by atomic mass is 10.2. The lowest BCUT2D eigenvalue weighted by Gasteiger charge is -2.26. The monoisotopic (exact) mass is 193 g/mol. The maximum Gasteiger partial charge on any atom is 0.0368 e. The molecule has 1 aliphatic heterocycles. The van der Waals surface area contributed by atoms with Crippen molar-refractivity contribution in [1.82, 2.24) is 15.0 Å². The van der Waals surface area contributed by atoms with Crippen LogP contribution in [0.1, 0.15) is 24.8 Å². The second kappa shape index (κ2) is 4.62. The van der Waals surface area contributed by atoms with Gasteiger partial charge in [-0.3, -0.25) is 5.43 Å². The van der Waals surface area contributed by atoms with Gasteiger partial charge in [0.2, 0.25) is 0 Å². The average molecular weight is 193 g/mol. The van der Waals surface area contributed by atoms with Crippen molar-refractivity contribution >= 4 is 0 Å². The standard InChI is InChI=1S/C11H19N3/c1-13-8-5-11(10-13)9-12-14-6-3-2-4-7-14/h5,8,10,12H,2-4,6-7,9H2,1H3. The van der Waals surface area contributed by atoms with E-state index in [1.165, 1.54) is 37.9 Å². The van der Waals surface area contributed by atoms with E-state index in [9.17, 15) is 0 Å². The van der Waals surface area contributed by atoms with Crippen LogP contribution in [0.4, 0.5) is 0 Å². The summed E-state index contributed by atoms with van der Waals surface area (Å²) in [5.41, 5.74) is 4.83. The molecule has 0 saturated carbocycles. The van der Waals surface area contributed by atoms with Crippen LogP contribution in [0.15, 0.2) is 18.5 Å². The molecule has 2 heterocycles. The lowest BCUT2D eigenvalue weighted by Crippen LogP contribution is -2.41. The Bertz CT molecular complexity index is 274. The zero-order chi connectivity index (χ0) is 9.80. The van der Waals surface area contributed by atoms with Gasteiger partial charge in [-0.1, -0.05) is 6.42 Å². The van der Waals surface area contributed by atoms with Crippen LogP contribution in [0.25, 0.3) is 0 Å². The first kappa shape index (κ1) is 9.74. The number of nitrogens with zero attached hydrogens (tertiary/aromatic N) is 2. The summed E-state index contributed by atoms with van der Waals surface area (Å²) in [5.74, 6) is 0. The summed E-state index contributed by atoms with van der Waals surface area (Å²) in [6.07, 6.45) is 8.32. The van der Waals surface area contributed by atoms with E-state index in [4.69, 9.17) is 0 Å². The lowest BCUT2D eigenvalue weighted by molar-refractivity contribution is 0.151. The SMILES string of the molecule is Cn1ccc(CNN2CCCCC2)c1. The van der Waals surface area contributed by atoms with Gasteiger partial charge in [0.1, 0.15) is 0 Å². The first-order chi connectivity index (χ1) is 6.84. The molecule has 1 N–H and O–H groups in total. The minimum atomic E-state index is 0.959. The fraction of sp³-hybridized carbons (Fsp3) is 0.636. The Balaban J connectivity index is 1.76. The summed E-state index contributed by atoms with van der Waals surface area (Å²) in [5, 5.41) is 2.34. The largest absolute Gasteiger partial charge is 0.357 e. The molecule has 0 aliphatic carbocycles. The summed E-state index contributed by atoms with van der Waals surface area (Å²) in [6, 6.07) is 2.16. The molecule has 14 heavy (non-hydrogen) atoms. The predicted octanol–water partition coefficient (Wildman–Crippen LogP) is 1.52. The van der Waals surface area contributed by atoms with Gasteiger partial charge in [-0.25, -0.2) is 5.01 Å². The molecule has 3 heteroatoms. The fourth-order valence-corrected chi connectivity index (χ4v) is 1.92. The minimum Gasteiger partial charge on any atom is -0.357 e. The normalized spacial score (nSPS) is 18.6. The molecule has 0 atom stereocenters. The van der Waals surface area contributed by atoms with Crippen molar-refractivity contribution in [3.8, 4) is 0 Å². The number of aryl methyl sites for hydroxylation is 1. The molecular formula is C11H19N3. The Kier molecular flexibility index (Phi) is 3.22. The van der Waals surface area contributed by atoms with E-state index in [-0.39, 0.29) is 0 Å². The molecular weight excluding hydrogens is 174 g/mol. The van der Waals surface area contributed by atoms with Crippen molar-refractivity contribution in [2.24, 2.45) is 7.05 Å². The van der Waals surface area contributed by atoms with Crippen LogP contribution >= 0.6 is 0 Å². The van der Waals surface area contributed by atoms with Crippen LogP contribution in [0.2, 0.25) is 0 Å². The zero-order valence-corrected chi connectivity index (χ0v) is 8.87. The highest BCUT2D eigenvalue weighted by molar-refractivity contribution is 5.09. The smallest absolute Gasteiger partial charge is 0.0368 e. The maximum absolute atomic E-state index is 3.47. The maximum atomic E-state index is 3.47. The molecule has 1 aromatic heterocycles. The van der Waals surface area contributed by atoms with Crippen LogP contribution in [-0.4, -0.2) is 22.7 Å². The number of piperidine rings is 1. The molecule has 0 unspecified atom stereocenters. The van der Waals surface area contributed by atoms with Crippen LogP contribution < -0.4 is 5.43 Å². The van der Waals surface area contributed by atoms with E-state index >= 15 is 0 Å². The first-order valence-corrected chi connectivity index (χ1v) is 5.44. The van der Waals surface area contributed by atoms with Crippen molar-refractivity contribution in [2.45, 2.75) is 25.8 Å². The van der Waals surface area contributed by atoms with Gasteiger partial charge in [-0.2, -0.15) is 0 Å². The summed E-state index contributed by atoms with van der Waals surface area (Å²) in [6.45, 7) is 3.36. The number of nitrogens with one attached hydrogen (secondary N) is 1. The fourth-order valence-electron chi connectivity index (χ4n) is 1.92. The van der Waals surface area contributed by atoms with Gasteiger partial charge in [0.25, 0.3) is 0 Å². The quantitative estimate of drug-likeness (QED) is 0.785. The molecule has 1 fully saturated rings. The van der Waals surface area contributed by atoms with E-state index < -0.39 is 0 Å². The molecule has 3 nitrogen and oxygen atoms in total. The highest BCUT2D eigenvalue weighted by Gasteiger charge is 2.08. The summed E-state index contributed by atoms with van der Waals surface area (Å²) >= 11 is 0. The second-order valence-corrected chi connectivity index (χ2v) is 4.07. The van der Waals surface area contributed by atoms with Gasteiger partial charge < -0.3 is 4.57 Å². The summed E-state index contributed by atoms with van der Waals surface area (Å²) < 4.78 is 2.09. The third-order valence-electron chi connectivity index (χ3n) is 2.76. The molecule has 1 saturated heterocycles. The summed E-state index contributed by atoms with van der Waals surface area (Å²) in [4.78, 5) is 0. The van der Waals surface area contributed by atoms with E-state index in [2.05, 4.69) is 40.5 Å². The molecule has 0 aromatic carbocycles. The van der Waals surface area contributed by atoms with Gasteiger partial charge in [0, 0.05) is 39.1 Å². The molecule has 0 spiro atoms. The molecule has 78 valence electrons. The van der Waals surface area contributed by atoms with Crippen LogP contribution in [0.5, 0.6) is 0 Å². The Morgan fingerprint density at radius 3 is 2.71 bits per heavy atom. The summed E-state index contributed by atoms with van der Waals surface area (Å²) in [7, 11) is 2.06. The average Bonchev–Trinajstić information content (AvgIpc) is 2.63. The van der Waals surface area contributed by atoms with Crippen molar-refractivity contribution in [2.75, 3.05) is 13.1 Å². The minimum absolute atomic E-state index is 0.959. The third kappa shape index (κ3) is 2.59. The molecule has 0 radical (unpaired) electrons. The van der Waals surface area contributed by atoms with Gasteiger partial charge >= 0.3 is 0 Å². The van der Waals surface area contributed by atoms with E-state index in [1.54, 1.807) is 0 Å². The second-order valence-electron chi connectivity index (χ2n) is 4.07. The highest BCUT2D eigenvalue weighted by atomic mass is 15.5. The van der Waals surface area contributed by atoms with Crippen molar-refractivity contribution in [3.63, 3.8) is 0 Å². The topological polar surface area (TPSA) is 20.2 Å². The van der Waals surface area contributed by atoms with Gasteiger partial charge in [0.15, 0.2) is 0 Å². The van der Waals surface area contributed by atoms with Crippen molar-refractivity contribution < 1.29 is 0 Å². The van der Waals surface area contributed by atoms with E-state index in [0.717, 1.165) is 6.54 Å². The van der Waals surface area contributed by atoms with Crippen LogP contribution in [-0.2, 0) is 13.6 Å². The molecule has 1 aromatic rings. The van der Waals surface area contributed by atoms with E-state index in [1.807, 2.05) is 0 Å². The number of hydrazine groups is 1. The van der Waals surface area contributed by atoms with E-state index in [0.29, 0.717) is 0 Å². The molecule has 1 aliphatic rings. The van der Waals surface area contributed by atoms with Crippen molar-refractivity contribution in [3.05, 3.63) is 24.0 Å².